The lowest BCUT2D eigenvalue weighted by Crippen LogP contribution is -2.21. The monoisotopic (exact) mass is 438 g/mol. The maximum absolute atomic E-state index is 10.7. The van der Waals surface area contributed by atoms with Gasteiger partial charge in [0.15, 0.2) is 15.0 Å². The van der Waals surface area contributed by atoms with E-state index in [9.17, 15) is 13.2 Å². The minimum absolute atomic E-state index is 0.461. The van der Waals surface area contributed by atoms with Crippen LogP contribution in [0.3, 0.4) is 0 Å². The van der Waals surface area contributed by atoms with Crippen LogP contribution in [0.5, 0.6) is 5.75 Å². The van der Waals surface area contributed by atoms with Crippen molar-refractivity contribution < 1.29 is 35.6 Å². The molecular weight excluding hydrogens is 417 g/mol. The zero-order valence-electron chi connectivity index (χ0n) is 15.2. The summed E-state index contributed by atoms with van der Waals surface area (Å²) in [6, 6.07) is 13.1. The average molecular weight is 438 g/mol. The Morgan fingerprint density at radius 1 is 1.11 bits per heavy atom. The average Bonchev–Trinajstić information content (AvgIpc) is 3.14. The first-order valence-corrected chi connectivity index (χ1v) is 11.4. The van der Waals surface area contributed by atoms with Crippen LogP contribution in [0.15, 0.2) is 41.3 Å². The van der Waals surface area contributed by atoms with Crippen molar-refractivity contribution in [2.75, 3.05) is 31.8 Å². The predicted molar refractivity (Wildman–Crippen MR) is 102 cm³/mol. The van der Waals surface area contributed by atoms with Crippen molar-refractivity contribution in [3.05, 3.63) is 36.4 Å². The Morgan fingerprint density at radius 3 is 2.32 bits per heavy atom. The van der Waals surface area contributed by atoms with Crippen LogP contribution in [0.25, 0.3) is 10.8 Å². The second-order valence-electron chi connectivity index (χ2n) is 5.99. The van der Waals surface area contributed by atoms with E-state index in [4.69, 9.17) is 22.4 Å². The lowest BCUT2D eigenvalue weighted by atomic mass is 10.1. The number of hydrogen-bond acceptors (Lipinski definition) is 5. The Kier molecular flexibility index (Phi) is 7.99. The standard InChI is InChI=1S/C17H21O2S.CHF3O3S/c1-18-9-10-19-15-7-8-16-14(13-15)5-4-6-17(16)20-11-2-3-12-20;2-1(3,4)8(5,6)7/h4-8,13H,2-3,9-12H2,1H3;(H,5,6,7)/q+1;/p-1. The summed E-state index contributed by atoms with van der Waals surface area (Å²) in [5, 5.41) is 2.69. The van der Waals surface area contributed by atoms with Gasteiger partial charge in [0, 0.05) is 23.4 Å². The van der Waals surface area contributed by atoms with E-state index in [1.807, 2.05) is 0 Å². The fourth-order valence-electron chi connectivity index (χ4n) is 2.69. The van der Waals surface area contributed by atoms with E-state index in [0.29, 0.717) is 24.1 Å². The first-order chi connectivity index (χ1) is 13.1. The van der Waals surface area contributed by atoms with Gasteiger partial charge in [0.1, 0.15) is 23.9 Å². The fraction of sp³-hybridized carbons (Fsp3) is 0.444. The molecule has 0 N–H and O–H groups in total. The molecule has 0 aromatic heterocycles. The van der Waals surface area contributed by atoms with E-state index >= 15 is 0 Å². The molecule has 0 spiro atoms. The first kappa shape index (κ1) is 22.8. The van der Waals surface area contributed by atoms with Crippen molar-refractivity contribution in [3.63, 3.8) is 0 Å². The van der Waals surface area contributed by atoms with Gasteiger partial charge in [0.05, 0.1) is 6.61 Å². The highest BCUT2D eigenvalue weighted by molar-refractivity contribution is 7.97. The van der Waals surface area contributed by atoms with Crippen LogP contribution in [0, 0.1) is 0 Å². The molecule has 0 bridgehead atoms. The molecule has 0 aliphatic carbocycles. The summed E-state index contributed by atoms with van der Waals surface area (Å²) in [5.74, 6) is 3.66. The van der Waals surface area contributed by atoms with Crippen LogP contribution in [0.1, 0.15) is 12.8 Å². The SMILES string of the molecule is COCCOc1ccc2c([S+]3CCCC3)cccc2c1.O=S(=O)([O-])C(F)(F)F. The van der Waals surface area contributed by atoms with Crippen LogP contribution < -0.4 is 4.74 Å². The van der Waals surface area contributed by atoms with Crippen molar-refractivity contribution >= 4 is 31.8 Å². The van der Waals surface area contributed by atoms with E-state index in [1.165, 1.54) is 35.1 Å². The van der Waals surface area contributed by atoms with Crippen molar-refractivity contribution in [1.29, 1.82) is 0 Å². The molecule has 5 nitrogen and oxygen atoms in total. The van der Waals surface area contributed by atoms with Crippen LogP contribution >= 0.6 is 0 Å². The van der Waals surface area contributed by atoms with Crippen molar-refractivity contribution in [1.82, 2.24) is 0 Å². The molecule has 2 aromatic rings. The number of ether oxygens (including phenoxy) is 2. The smallest absolute Gasteiger partial charge is 0.485 e. The van der Waals surface area contributed by atoms with Crippen molar-refractivity contribution in [2.45, 2.75) is 23.2 Å². The number of alkyl halides is 3. The number of fused-ring (bicyclic) bond motifs is 1. The highest BCUT2D eigenvalue weighted by Crippen LogP contribution is 2.31. The summed E-state index contributed by atoms with van der Waals surface area (Å²) < 4.78 is 69.6. The van der Waals surface area contributed by atoms with E-state index in [-0.39, 0.29) is 0 Å². The number of methoxy groups -OCH3 is 1. The minimum atomic E-state index is -6.09. The second kappa shape index (κ2) is 9.82. The molecule has 1 aliphatic heterocycles. The molecule has 2 aromatic carbocycles. The van der Waals surface area contributed by atoms with Gasteiger partial charge < -0.3 is 14.0 Å². The lowest BCUT2D eigenvalue weighted by molar-refractivity contribution is -0.0517. The fourth-order valence-corrected chi connectivity index (χ4v) is 5.21. The molecule has 0 unspecified atom stereocenters. The Hall–Kier alpha value is -1.49. The lowest BCUT2D eigenvalue weighted by Gasteiger charge is -2.09. The van der Waals surface area contributed by atoms with Crippen LogP contribution in [0.4, 0.5) is 13.2 Å². The van der Waals surface area contributed by atoms with Gasteiger partial charge in [-0.05, 0) is 42.5 Å². The third-order valence-corrected chi connectivity index (χ3v) is 7.10. The molecule has 1 fully saturated rings. The van der Waals surface area contributed by atoms with Crippen molar-refractivity contribution in [3.8, 4) is 5.75 Å². The molecule has 0 atom stereocenters. The Labute approximate surface area is 164 Å². The number of halogens is 3. The third-order valence-electron chi connectivity index (χ3n) is 3.99. The molecule has 1 saturated heterocycles. The minimum Gasteiger partial charge on any atom is -0.741 e. The number of rotatable bonds is 5. The van der Waals surface area contributed by atoms with Gasteiger partial charge in [0.2, 0.25) is 0 Å². The molecule has 0 radical (unpaired) electrons. The van der Waals surface area contributed by atoms with Gasteiger partial charge >= 0.3 is 5.51 Å². The normalized spacial score (nSPS) is 15.3. The summed E-state index contributed by atoms with van der Waals surface area (Å²) in [6.45, 7) is 1.23. The van der Waals surface area contributed by atoms with Gasteiger partial charge in [0.25, 0.3) is 0 Å². The zero-order valence-corrected chi connectivity index (χ0v) is 16.8. The molecule has 1 heterocycles. The molecular formula is C18H21F3O5S2. The van der Waals surface area contributed by atoms with Crippen molar-refractivity contribution in [2.24, 2.45) is 0 Å². The Balaban J connectivity index is 0.000000300. The highest BCUT2D eigenvalue weighted by atomic mass is 32.2. The largest absolute Gasteiger partial charge is 0.741 e. The summed E-state index contributed by atoms with van der Waals surface area (Å²) in [6.07, 6.45) is 2.77. The number of hydrogen-bond donors (Lipinski definition) is 0. The van der Waals surface area contributed by atoms with E-state index in [1.54, 1.807) is 12.0 Å². The zero-order chi connectivity index (χ0) is 20.8. The maximum Gasteiger partial charge on any atom is 0.485 e. The third kappa shape index (κ3) is 6.26. The molecule has 10 heteroatoms. The maximum atomic E-state index is 10.7. The first-order valence-electron chi connectivity index (χ1n) is 8.47. The van der Waals surface area contributed by atoms with Crippen LogP contribution in [-0.4, -0.2) is 50.3 Å². The Morgan fingerprint density at radius 2 is 1.75 bits per heavy atom. The van der Waals surface area contributed by atoms with E-state index < -0.39 is 15.6 Å². The van der Waals surface area contributed by atoms with Crippen LogP contribution in [-0.2, 0) is 25.7 Å². The molecule has 156 valence electrons. The molecule has 1 aliphatic rings. The van der Waals surface area contributed by atoms with Gasteiger partial charge in [-0.25, -0.2) is 8.42 Å². The number of benzene rings is 2. The van der Waals surface area contributed by atoms with E-state index in [2.05, 4.69) is 36.4 Å². The quantitative estimate of drug-likeness (QED) is 0.308. The topological polar surface area (TPSA) is 75.7 Å². The van der Waals surface area contributed by atoms with Crippen LogP contribution in [0.2, 0.25) is 0 Å². The molecule has 0 saturated carbocycles. The van der Waals surface area contributed by atoms with Gasteiger partial charge in [-0.15, -0.1) is 0 Å². The highest BCUT2D eigenvalue weighted by Gasteiger charge is 2.37. The summed E-state index contributed by atoms with van der Waals surface area (Å²) in [4.78, 5) is 1.54. The second-order valence-corrected chi connectivity index (χ2v) is 9.60. The van der Waals surface area contributed by atoms with Gasteiger partial charge in [-0.1, -0.05) is 12.1 Å². The molecule has 28 heavy (non-hydrogen) atoms. The molecule has 3 rings (SSSR count). The summed E-state index contributed by atoms with van der Waals surface area (Å²) in [7, 11) is -3.94. The van der Waals surface area contributed by atoms with E-state index in [0.717, 1.165) is 5.75 Å². The van der Waals surface area contributed by atoms with Gasteiger partial charge in [-0.3, -0.25) is 0 Å². The Bertz CT molecular complexity index is 878. The predicted octanol–water partition coefficient (Wildman–Crippen LogP) is 3.69. The molecule has 0 amide bonds. The summed E-state index contributed by atoms with van der Waals surface area (Å²) >= 11 is 0. The van der Waals surface area contributed by atoms with Gasteiger partial charge in [-0.2, -0.15) is 13.2 Å². The summed E-state index contributed by atoms with van der Waals surface area (Å²) in [5.41, 5.74) is -5.65.